The van der Waals surface area contributed by atoms with Gasteiger partial charge in [-0.2, -0.15) is 0 Å². The Morgan fingerprint density at radius 3 is 2.74 bits per heavy atom. The molecule has 2 aromatic heterocycles. The van der Waals surface area contributed by atoms with Crippen molar-refractivity contribution in [2.24, 2.45) is 5.92 Å². The average Bonchev–Trinajstić information content (AvgIpc) is 3.63. The lowest BCUT2D eigenvalue weighted by Crippen LogP contribution is -2.38. The Hall–Kier alpha value is -2.59. The second kappa shape index (κ2) is 10.4. The Kier molecular flexibility index (Phi) is 7.05. The van der Waals surface area contributed by atoms with Crippen molar-refractivity contribution in [3.05, 3.63) is 63.3 Å². The summed E-state index contributed by atoms with van der Waals surface area (Å²) in [5.41, 5.74) is 1.11. The molecule has 1 saturated heterocycles. The van der Waals surface area contributed by atoms with Crippen LogP contribution in [0.5, 0.6) is 5.75 Å². The van der Waals surface area contributed by atoms with E-state index >= 15 is 0 Å². The Morgan fingerprint density at radius 2 is 2.00 bits per heavy atom. The topological polar surface area (TPSA) is 83.0 Å². The molecule has 1 N–H and O–H groups in total. The molecule has 7 nitrogen and oxygen atoms in total. The summed E-state index contributed by atoms with van der Waals surface area (Å²) >= 11 is 2.78. The van der Waals surface area contributed by atoms with Crippen molar-refractivity contribution < 1.29 is 19.4 Å². The molecule has 1 fully saturated rings. The van der Waals surface area contributed by atoms with Crippen LogP contribution in [0.4, 0.5) is 5.13 Å². The highest BCUT2D eigenvalue weighted by molar-refractivity contribution is 7.14. The van der Waals surface area contributed by atoms with E-state index in [1.807, 2.05) is 35.0 Å². The first-order valence-electron chi connectivity index (χ1n) is 11.6. The van der Waals surface area contributed by atoms with Gasteiger partial charge >= 0.3 is 0 Å². The third kappa shape index (κ3) is 4.79. The molecule has 5 rings (SSSR count). The molecule has 1 amide bonds. The molecule has 0 aliphatic carbocycles. The van der Waals surface area contributed by atoms with Crippen LogP contribution < -0.4 is 9.64 Å². The van der Waals surface area contributed by atoms with Gasteiger partial charge in [-0.05, 0) is 68.4 Å². The van der Waals surface area contributed by atoms with Gasteiger partial charge in [0.1, 0.15) is 11.4 Å². The number of thiophene rings is 1. The van der Waals surface area contributed by atoms with Crippen molar-refractivity contribution in [1.82, 2.24) is 9.88 Å². The van der Waals surface area contributed by atoms with Crippen LogP contribution in [0.2, 0.25) is 0 Å². The molecule has 1 unspecified atom stereocenters. The predicted molar refractivity (Wildman–Crippen MR) is 133 cm³/mol. The van der Waals surface area contributed by atoms with Crippen LogP contribution in [0.25, 0.3) is 0 Å². The van der Waals surface area contributed by atoms with Crippen LogP contribution in [0, 0.1) is 5.92 Å². The quantitative estimate of drug-likeness (QED) is 0.501. The minimum absolute atomic E-state index is 0.0724. The van der Waals surface area contributed by atoms with E-state index in [2.05, 4.69) is 9.88 Å². The van der Waals surface area contributed by atoms with E-state index in [1.165, 1.54) is 22.7 Å². The fourth-order valence-corrected chi connectivity index (χ4v) is 6.01. The van der Waals surface area contributed by atoms with E-state index in [9.17, 15) is 14.7 Å². The Morgan fingerprint density at radius 1 is 1.18 bits per heavy atom. The third-order valence-electron chi connectivity index (χ3n) is 6.44. The summed E-state index contributed by atoms with van der Waals surface area (Å²) in [4.78, 5) is 35.6. The fraction of sp³-hybridized carbons (Fsp3) is 0.400. The average molecular weight is 498 g/mol. The first kappa shape index (κ1) is 23.2. The Bertz CT molecular complexity index is 1140. The first-order chi connectivity index (χ1) is 16.6. The maximum atomic E-state index is 13.3. The lowest BCUT2D eigenvalue weighted by Gasteiger charge is -2.31. The number of carbonyl (C=O) groups excluding carboxylic acids is 2. The van der Waals surface area contributed by atoms with Crippen molar-refractivity contribution in [3.8, 4) is 5.75 Å². The summed E-state index contributed by atoms with van der Waals surface area (Å²) in [6.07, 6.45) is 2.08. The molecule has 9 heteroatoms. The molecule has 0 saturated carbocycles. The van der Waals surface area contributed by atoms with E-state index in [0.29, 0.717) is 39.5 Å². The van der Waals surface area contributed by atoms with Crippen LogP contribution in [-0.2, 0) is 0 Å². The van der Waals surface area contributed by atoms with Gasteiger partial charge in [-0.3, -0.25) is 14.5 Å². The normalized spacial score (nSPS) is 18.6. The number of aliphatic hydroxyl groups excluding tert-OH is 1. The molecule has 178 valence electrons. The van der Waals surface area contributed by atoms with E-state index in [4.69, 9.17) is 4.74 Å². The maximum absolute atomic E-state index is 13.3. The highest BCUT2D eigenvalue weighted by atomic mass is 32.1. The number of Topliss-reactive ketones (excluding diaryl/α,β-unsaturated/α-hetero) is 1. The van der Waals surface area contributed by atoms with Crippen LogP contribution in [-0.4, -0.2) is 59.5 Å². The summed E-state index contributed by atoms with van der Waals surface area (Å²) in [5, 5.41) is 13.7. The van der Waals surface area contributed by atoms with Crippen LogP contribution in [0.1, 0.15) is 51.1 Å². The zero-order valence-corrected chi connectivity index (χ0v) is 20.4. The second-order valence-electron chi connectivity index (χ2n) is 8.67. The van der Waals surface area contributed by atoms with Gasteiger partial charge in [0.25, 0.3) is 5.91 Å². The summed E-state index contributed by atoms with van der Waals surface area (Å²) in [7, 11) is 0. The monoisotopic (exact) mass is 497 g/mol. The number of para-hydroxylation sites is 1. The van der Waals surface area contributed by atoms with Crippen LogP contribution in [0.15, 0.2) is 47.2 Å². The summed E-state index contributed by atoms with van der Waals surface area (Å²) in [6, 6.07) is 10.9. The standard InChI is InChI=1S/C25H27N3O4S2/c29-15-17-8-12-27(13-9-17)10-4-11-28(24(31)21-7-3-14-33-21)25-26-19(16-34-25)23-22(30)18-5-1-2-6-20(18)32-23/h1-3,5-7,14,16-17,23,29H,4,8-13,15H2. The number of fused-ring (bicyclic) bond motifs is 1. The molecule has 3 aromatic rings. The van der Waals surface area contributed by atoms with Gasteiger partial charge in [0, 0.05) is 18.5 Å². The number of rotatable bonds is 8. The van der Waals surface area contributed by atoms with Gasteiger partial charge in [-0.15, -0.1) is 22.7 Å². The molecule has 0 spiro atoms. The van der Waals surface area contributed by atoms with Crippen molar-refractivity contribution >= 4 is 39.5 Å². The van der Waals surface area contributed by atoms with Crippen molar-refractivity contribution in [2.45, 2.75) is 25.4 Å². The van der Waals surface area contributed by atoms with Gasteiger partial charge in [-0.25, -0.2) is 4.98 Å². The number of hydrogen-bond donors (Lipinski definition) is 1. The van der Waals surface area contributed by atoms with Crippen molar-refractivity contribution in [1.29, 1.82) is 0 Å². The number of carbonyl (C=O) groups is 2. The Labute approximate surface area is 206 Å². The number of amides is 1. The van der Waals surface area contributed by atoms with Crippen LogP contribution in [0.3, 0.4) is 0 Å². The number of piperidine rings is 1. The van der Waals surface area contributed by atoms with Gasteiger partial charge in [-0.1, -0.05) is 18.2 Å². The SMILES string of the molecule is O=C1c2ccccc2OC1c1csc(N(CCCN2CCC(CO)CC2)C(=O)c2cccs2)n1. The molecule has 0 radical (unpaired) electrons. The van der Waals surface area contributed by atoms with Gasteiger partial charge < -0.3 is 14.7 Å². The first-order valence-corrected chi connectivity index (χ1v) is 13.3. The second-order valence-corrected chi connectivity index (χ2v) is 10.5. The number of ether oxygens (including phenoxy) is 1. The molecule has 2 aliphatic heterocycles. The number of benzene rings is 1. The lowest BCUT2D eigenvalue weighted by atomic mass is 9.98. The number of hydrogen-bond acceptors (Lipinski definition) is 8. The van der Waals surface area contributed by atoms with E-state index in [0.717, 1.165) is 38.9 Å². The summed E-state index contributed by atoms with van der Waals surface area (Å²) in [5.74, 6) is 0.809. The molecule has 0 bridgehead atoms. The molecule has 2 aliphatic rings. The third-order valence-corrected chi connectivity index (χ3v) is 8.18. The van der Waals surface area contributed by atoms with Gasteiger partial charge in [0.05, 0.1) is 10.4 Å². The number of ketones is 1. The van der Waals surface area contributed by atoms with Crippen LogP contribution >= 0.6 is 22.7 Å². The summed E-state index contributed by atoms with van der Waals surface area (Å²) < 4.78 is 5.88. The smallest absolute Gasteiger partial charge is 0.270 e. The van der Waals surface area contributed by atoms with E-state index in [1.54, 1.807) is 17.0 Å². The number of likely N-dealkylation sites (tertiary alicyclic amines) is 1. The molecular formula is C25H27N3O4S2. The zero-order chi connectivity index (χ0) is 23.5. The molecule has 34 heavy (non-hydrogen) atoms. The molecule has 1 aromatic carbocycles. The largest absolute Gasteiger partial charge is 0.475 e. The summed E-state index contributed by atoms with van der Waals surface area (Å²) in [6.45, 7) is 3.66. The highest BCUT2D eigenvalue weighted by Crippen LogP contribution is 2.38. The molecule has 4 heterocycles. The molecule has 1 atom stereocenters. The number of aliphatic hydroxyl groups is 1. The van der Waals surface area contributed by atoms with Gasteiger partial charge in [0.15, 0.2) is 5.13 Å². The number of thiazole rings is 1. The highest BCUT2D eigenvalue weighted by Gasteiger charge is 2.35. The fourth-order valence-electron chi connectivity index (χ4n) is 4.47. The minimum Gasteiger partial charge on any atom is -0.475 e. The van der Waals surface area contributed by atoms with E-state index < -0.39 is 6.10 Å². The number of nitrogens with zero attached hydrogens (tertiary/aromatic N) is 3. The van der Waals surface area contributed by atoms with Crippen molar-refractivity contribution in [2.75, 3.05) is 37.7 Å². The van der Waals surface area contributed by atoms with Crippen molar-refractivity contribution in [3.63, 3.8) is 0 Å². The van der Waals surface area contributed by atoms with E-state index in [-0.39, 0.29) is 18.3 Å². The maximum Gasteiger partial charge on any atom is 0.270 e. The zero-order valence-electron chi connectivity index (χ0n) is 18.8. The predicted octanol–water partition coefficient (Wildman–Crippen LogP) is 4.26. The van der Waals surface area contributed by atoms with Gasteiger partial charge in [0.2, 0.25) is 11.9 Å². The number of aromatic nitrogens is 1. The minimum atomic E-state index is -0.770. The lowest BCUT2D eigenvalue weighted by molar-refractivity contribution is 0.0854. The Balaban J connectivity index is 1.29. The molecular weight excluding hydrogens is 470 g/mol. The number of anilines is 1.